The van der Waals surface area contributed by atoms with Gasteiger partial charge in [-0.15, -0.1) is 0 Å². The molecular weight excluding hydrogens is 279 g/mol. The van der Waals surface area contributed by atoms with Crippen LogP contribution in [0.1, 0.15) is 16.1 Å². The minimum Gasteiger partial charge on any atom is -0.336 e. The van der Waals surface area contributed by atoms with E-state index in [0.29, 0.717) is 12.2 Å². The number of nitrogens with zero attached hydrogens (tertiary/aromatic N) is 2. The molecule has 3 nitrogen and oxygen atoms in total. The summed E-state index contributed by atoms with van der Waals surface area (Å²) in [5, 5.41) is 1.00. The first-order valence-electron chi connectivity index (χ1n) is 6.99. The first kappa shape index (κ1) is 14.2. The van der Waals surface area contributed by atoms with Crippen molar-refractivity contribution in [2.75, 3.05) is 7.05 Å². The molecule has 0 unspecified atom stereocenters. The van der Waals surface area contributed by atoms with Gasteiger partial charge in [0.15, 0.2) is 0 Å². The molecule has 22 heavy (non-hydrogen) atoms. The van der Waals surface area contributed by atoms with Crippen molar-refractivity contribution < 1.29 is 9.18 Å². The van der Waals surface area contributed by atoms with Gasteiger partial charge in [0.25, 0.3) is 5.91 Å². The number of carbonyl (C=O) groups excluding carboxylic acids is 1. The average molecular weight is 294 g/mol. The molecule has 0 atom stereocenters. The Labute approximate surface area is 128 Å². The first-order chi connectivity index (χ1) is 10.6. The van der Waals surface area contributed by atoms with E-state index >= 15 is 0 Å². The van der Waals surface area contributed by atoms with Crippen LogP contribution < -0.4 is 0 Å². The monoisotopic (exact) mass is 294 g/mol. The second-order valence-electron chi connectivity index (χ2n) is 5.18. The highest BCUT2D eigenvalue weighted by atomic mass is 19.1. The standard InChI is InChI=1S/C18H15FN2O/c1-21(12-13-6-9-15(19)10-7-13)18(22)17-11-8-14-4-2-3-5-16(14)20-17/h2-11H,12H2,1H3. The fourth-order valence-corrected chi connectivity index (χ4v) is 2.32. The number of pyridine rings is 1. The molecule has 1 amide bonds. The highest BCUT2D eigenvalue weighted by molar-refractivity contribution is 5.94. The predicted molar refractivity (Wildman–Crippen MR) is 83.9 cm³/mol. The van der Waals surface area contributed by atoms with Crippen LogP contribution in [0, 0.1) is 5.82 Å². The van der Waals surface area contributed by atoms with E-state index in [4.69, 9.17) is 0 Å². The molecule has 0 saturated heterocycles. The molecule has 0 aliphatic heterocycles. The maximum absolute atomic E-state index is 12.9. The summed E-state index contributed by atoms with van der Waals surface area (Å²) in [6, 6.07) is 17.4. The largest absolute Gasteiger partial charge is 0.336 e. The zero-order chi connectivity index (χ0) is 15.5. The van der Waals surface area contributed by atoms with Crippen LogP contribution in [-0.4, -0.2) is 22.8 Å². The number of hydrogen-bond donors (Lipinski definition) is 0. The lowest BCUT2D eigenvalue weighted by atomic mass is 10.2. The lowest BCUT2D eigenvalue weighted by molar-refractivity contribution is 0.0779. The molecule has 1 heterocycles. The second kappa shape index (κ2) is 5.93. The summed E-state index contributed by atoms with van der Waals surface area (Å²) in [6.07, 6.45) is 0. The molecule has 2 aromatic carbocycles. The normalized spacial score (nSPS) is 10.6. The minimum absolute atomic E-state index is 0.157. The highest BCUT2D eigenvalue weighted by Crippen LogP contribution is 2.14. The lowest BCUT2D eigenvalue weighted by Gasteiger charge is -2.17. The molecule has 1 aromatic heterocycles. The van der Waals surface area contributed by atoms with E-state index in [2.05, 4.69) is 4.98 Å². The van der Waals surface area contributed by atoms with Crippen LogP contribution >= 0.6 is 0 Å². The summed E-state index contributed by atoms with van der Waals surface area (Å²) in [7, 11) is 1.71. The van der Waals surface area contributed by atoms with E-state index < -0.39 is 0 Å². The maximum atomic E-state index is 12.9. The van der Waals surface area contributed by atoms with E-state index in [0.717, 1.165) is 16.5 Å². The SMILES string of the molecule is CN(Cc1ccc(F)cc1)C(=O)c1ccc2ccccc2n1. The van der Waals surface area contributed by atoms with Crippen molar-refractivity contribution in [1.29, 1.82) is 0 Å². The molecule has 0 fully saturated rings. The fourth-order valence-electron chi connectivity index (χ4n) is 2.32. The molecular formula is C18H15FN2O. The number of fused-ring (bicyclic) bond motifs is 1. The van der Waals surface area contributed by atoms with Gasteiger partial charge in [-0.25, -0.2) is 9.37 Å². The van der Waals surface area contributed by atoms with Gasteiger partial charge in [0, 0.05) is 19.0 Å². The third kappa shape index (κ3) is 2.96. The number of para-hydroxylation sites is 1. The first-order valence-corrected chi connectivity index (χ1v) is 6.99. The summed E-state index contributed by atoms with van der Waals surface area (Å²) in [5.41, 5.74) is 2.07. The molecule has 0 saturated carbocycles. The summed E-state index contributed by atoms with van der Waals surface area (Å²) >= 11 is 0. The Morgan fingerprint density at radius 3 is 2.55 bits per heavy atom. The van der Waals surface area contributed by atoms with Crippen molar-refractivity contribution in [3.8, 4) is 0 Å². The molecule has 0 bridgehead atoms. The zero-order valence-electron chi connectivity index (χ0n) is 12.2. The van der Waals surface area contributed by atoms with Gasteiger partial charge in [0.05, 0.1) is 5.52 Å². The Hall–Kier alpha value is -2.75. The molecule has 0 aliphatic rings. The van der Waals surface area contributed by atoms with Gasteiger partial charge in [-0.05, 0) is 29.8 Å². The summed E-state index contributed by atoms with van der Waals surface area (Å²) in [6.45, 7) is 0.410. The molecule has 3 rings (SSSR count). The minimum atomic E-state index is -0.283. The van der Waals surface area contributed by atoms with Crippen molar-refractivity contribution in [1.82, 2.24) is 9.88 Å². The number of rotatable bonds is 3. The third-order valence-electron chi connectivity index (χ3n) is 3.50. The molecule has 0 aliphatic carbocycles. The van der Waals surface area contributed by atoms with E-state index in [1.54, 1.807) is 30.1 Å². The Kier molecular flexibility index (Phi) is 3.83. The number of halogens is 1. The van der Waals surface area contributed by atoms with E-state index in [-0.39, 0.29) is 11.7 Å². The number of carbonyl (C=O) groups is 1. The smallest absolute Gasteiger partial charge is 0.272 e. The van der Waals surface area contributed by atoms with Gasteiger partial charge in [-0.1, -0.05) is 36.4 Å². The quantitative estimate of drug-likeness (QED) is 0.739. The van der Waals surface area contributed by atoms with E-state index in [9.17, 15) is 9.18 Å². The molecule has 0 radical (unpaired) electrons. The van der Waals surface area contributed by atoms with Crippen LogP contribution in [0.3, 0.4) is 0 Å². The van der Waals surface area contributed by atoms with Crippen LogP contribution in [0.2, 0.25) is 0 Å². The molecule has 4 heteroatoms. The van der Waals surface area contributed by atoms with Gasteiger partial charge in [0.1, 0.15) is 11.5 Å². The fraction of sp³-hybridized carbons (Fsp3) is 0.111. The number of hydrogen-bond acceptors (Lipinski definition) is 2. The van der Waals surface area contributed by atoms with Crippen molar-refractivity contribution >= 4 is 16.8 Å². The molecule has 0 spiro atoms. The van der Waals surface area contributed by atoms with Crippen molar-refractivity contribution in [3.63, 3.8) is 0 Å². The topological polar surface area (TPSA) is 33.2 Å². The van der Waals surface area contributed by atoms with Crippen molar-refractivity contribution in [2.45, 2.75) is 6.54 Å². The van der Waals surface area contributed by atoms with Gasteiger partial charge >= 0.3 is 0 Å². The second-order valence-corrected chi connectivity index (χ2v) is 5.18. The van der Waals surface area contributed by atoms with Gasteiger partial charge < -0.3 is 4.90 Å². The number of aromatic nitrogens is 1. The number of amides is 1. The van der Waals surface area contributed by atoms with Gasteiger partial charge in [-0.2, -0.15) is 0 Å². The summed E-state index contributed by atoms with van der Waals surface area (Å²) < 4.78 is 12.9. The van der Waals surface area contributed by atoms with Gasteiger partial charge in [-0.3, -0.25) is 4.79 Å². The van der Waals surface area contributed by atoms with Crippen LogP contribution in [0.25, 0.3) is 10.9 Å². The molecule has 3 aromatic rings. The Bertz CT molecular complexity index is 815. The summed E-state index contributed by atoms with van der Waals surface area (Å²) in [5.74, 6) is -0.441. The number of benzene rings is 2. The molecule has 110 valence electrons. The van der Waals surface area contributed by atoms with E-state index in [1.807, 2.05) is 30.3 Å². The zero-order valence-corrected chi connectivity index (χ0v) is 12.2. The van der Waals surface area contributed by atoms with Crippen molar-refractivity contribution in [3.05, 3.63) is 77.7 Å². The Morgan fingerprint density at radius 1 is 1.05 bits per heavy atom. The lowest BCUT2D eigenvalue weighted by Crippen LogP contribution is -2.27. The Morgan fingerprint density at radius 2 is 1.77 bits per heavy atom. The van der Waals surface area contributed by atoms with E-state index in [1.165, 1.54) is 12.1 Å². The summed E-state index contributed by atoms with van der Waals surface area (Å²) in [4.78, 5) is 18.4. The van der Waals surface area contributed by atoms with Crippen LogP contribution in [-0.2, 0) is 6.54 Å². The van der Waals surface area contributed by atoms with Crippen molar-refractivity contribution in [2.24, 2.45) is 0 Å². The maximum Gasteiger partial charge on any atom is 0.272 e. The molecule has 0 N–H and O–H groups in total. The predicted octanol–water partition coefficient (Wildman–Crippen LogP) is 3.65. The van der Waals surface area contributed by atoms with Crippen LogP contribution in [0.5, 0.6) is 0 Å². The third-order valence-corrected chi connectivity index (χ3v) is 3.50. The van der Waals surface area contributed by atoms with Crippen LogP contribution in [0.4, 0.5) is 4.39 Å². The van der Waals surface area contributed by atoms with Gasteiger partial charge in [0.2, 0.25) is 0 Å². The Balaban J connectivity index is 1.80. The average Bonchev–Trinajstić information content (AvgIpc) is 2.55. The highest BCUT2D eigenvalue weighted by Gasteiger charge is 2.14. The van der Waals surface area contributed by atoms with Crippen LogP contribution in [0.15, 0.2) is 60.7 Å².